The number of benzene rings is 1. The molecule has 0 saturated heterocycles. The van der Waals surface area contributed by atoms with E-state index in [0.717, 1.165) is 5.56 Å². The van der Waals surface area contributed by atoms with Crippen LogP contribution in [0.2, 0.25) is 0 Å². The van der Waals surface area contributed by atoms with E-state index in [0.29, 0.717) is 6.42 Å². The lowest BCUT2D eigenvalue weighted by atomic mass is 9.97. The van der Waals surface area contributed by atoms with E-state index in [9.17, 15) is 4.79 Å². The van der Waals surface area contributed by atoms with Gasteiger partial charge in [0.15, 0.2) is 5.78 Å². The summed E-state index contributed by atoms with van der Waals surface area (Å²) in [6.07, 6.45) is 4.08. The van der Waals surface area contributed by atoms with Gasteiger partial charge in [0.25, 0.3) is 0 Å². The number of allylic oxidation sites excluding steroid dienone is 1. The quantitative estimate of drug-likeness (QED) is 0.578. The van der Waals surface area contributed by atoms with Gasteiger partial charge in [0.05, 0.1) is 0 Å². The van der Waals surface area contributed by atoms with Crippen molar-refractivity contribution in [1.29, 1.82) is 0 Å². The third-order valence-corrected chi connectivity index (χ3v) is 1.87. The molecule has 1 aliphatic carbocycles. The van der Waals surface area contributed by atoms with Gasteiger partial charge in [-0.2, -0.15) is 0 Å². The molecule has 1 aromatic rings. The van der Waals surface area contributed by atoms with Crippen molar-refractivity contribution in [3.63, 3.8) is 0 Å². The van der Waals surface area contributed by atoms with Gasteiger partial charge in [-0.1, -0.05) is 30.3 Å². The molecule has 1 aliphatic rings. The van der Waals surface area contributed by atoms with Gasteiger partial charge in [-0.15, -0.1) is 0 Å². The highest BCUT2D eigenvalue weighted by molar-refractivity contribution is 6.13. The van der Waals surface area contributed by atoms with E-state index in [-0.39, 0.29) is 13.5 Å². The van der Waals surface area contributed by atoms with Crippen LogP contribution in [-0.2, 0) is 11.2 Å². The molecule has 1 radical (unpaired) electrons. The highest BCUT2D eigenvalue weighted by atomic mass is 16.4. The lowest BCUT2D eigenvalue weighted by Crippen LogP contribution is -2.04. The first kappa shape index (κ1) is 10.7. The molecule has 14 heavy (non-hydrogen) atoms. The molecule has 1 aromatic carbocycles. The Bertz CT molecular complexity index is 347. The minimum Gasteiger partial charge on any atom is -0.429 e. The van der Waals surface area contributed by atoms with Crippen molar-refractivity contribution in [2.75, 3.05) is 0 Å². The lowest BCUT2D eigenvalue weighted by Gasteiger charge is -2.07. The fourth-order valence-electron chi connectivity index (χ4n) is 1.29. The minimum atomic E-state index is 0. The lowest BCUT2D eigenvalue weighted by molar-refractivity contribution is -0.114. The summed E-state index contributed by atoms with van der Waals surface area (Å²) in [5, 5.41) is 14.0. The molecule has 0 atom stereocenters. The molecule has 0 bridgehead atoms. The molecule has 0 fully saturated rings. The summed E-state index contributed by atoms with van der Waals surface area (Å²) in [5.41, 5.74) is 2.31. The number of ketones is 1. The Balaban J connectivity index is 0.000000293. The number of rotatable bonds is 0. The Hall–Kier alpha value is -1.39. The fourth-order valence-corrected chi connectivity index (χ4v) is 1.29. The second kappa shape index (κ2) is 5.37. The van der Waals surface area contributed by atoms with E-state index in [1.54, 1.807) is 6.08 Å². The molecule has 0 unspecified atom stereocenters. The molecule has 0 amide bonds. The van der Waals surface area contributed by atoms with Crippen molar-refractivity contribution in [3.05, 3.63) is 41.5 Å². The first-order chi connectivity index (χ1) is 6.77. The van der Waals surface area contributed by atoms with Crippen molar-refractivity contribution < 1.29 is 14.8 Å². The van der Waals surface area contributed by atoms with Gasteiger partial charge in [-0.05, 0) is 17.2 Å². The van der Waals surface area contributed by atoms with Gasteiger partial charge in [0.1, 0.15) is 0 Å². The van der Waals surface area contributed by atoms with Gasteiger partial charge in [-0.3, -0.25) is 4.79 Å². The SMILES string of the molecule is O=C1C=Cc2ccccc2C1.O[B]O. The standard InChI is InChI=1S/C10H8O.BH2O2/c11-10-6-5-8-3-1-2-4-9(8)7-10;2-1-3/h1-6H,7H2;2-3H. The molecular weight excluding hydrogens is 179 g/mol. The van der Waals surface area contributed by atoms with Crippen molar-refractivity contribution in [2.45, 2.75) is 6.42 Å². The van der Waals surface area contributed by atoms with Gasteiger partial charge in [0, 0.05) is 6.42 Å². The second-order valence-electron chi connectivity index (χ2n) is 2.79. The molecular formula is C10H10BO3. The highest BCUT2D eigenvalue weighted by Crippen LogP contribution is 2.15. The highest BCUT2D eigenvalue weighted by Gasteiger charge is 2.07. The van der Waals surface area contributed by atoms with Crippen LogP contribution < -0.4 is 0 Å². The molecule has 2 N–H and O–H groups in total. The first-order valence-corrected chi connectivity index (χ1v) is 4.17. The normalized spacial score (nSPS) is 12.6. The van der Waals surface area contributed by atoms with Crippen LogP contribution in [0.25, 0.3) is 6.08 Å². The zero-order chi connectivity index (χ0) is 10.4. The summed E-state index contributed by atoms with van der Waals surface area (Å²) < 4.78 is 0. The maximum absolute atomic E-state index is 10.9. The van der Waals surface area contributed by atoms with Crippen molar-refractivity contribution >= 4 is 19.5 Å². The molecule has 71 valence electrons. The number of hydrogen-bond acceptors (Lipinski definition) is 3. The summed E-state index contributed by atoms with van der Waals surface area (Å²) >= 11 is 0. The topological polar surface area (TPSA) is 57.5 Å². The Morgan fingerprint density at radius 3 is 2.50 bits per heavy atom. The summed E-state index contributed by atoms with van der Waals surface area (Å²) in [6, 6.07) is 7.97. The van der Waals surface area contributed by atoms with E-state index in [1.807, 2.05) is 30.3 Å². The van der Waals surface area contributed by atoms with E-state index < -0.39 is 0 Å². The van der Waals surface area contributed by atoms with Gasteiger partial charge >= 0.3 is 7.69 Å². The average Bonchev–Trinajstić information content (AvgIpc) is 2.19. The number of fused-ring (bicyclic) bond motifs is 1. The molecule has 3 nitrogen and oxygen atoms in total. The van der Waals surface area contributed by atoms with Crippen LogP contribution in [0.5, 0.6) is 0 Å². The average molecular weight is 189 g/mol. The van der Waals surface area contributed by atoms with E-state index in [1.165, 1.54) is 5.56 Å². The number of hydrogen-bond donors (Lipinski definition) is 2. The van der Waals surface area contributed by atoms with Crippen molar-refractivity contribution in [1.82, 2.24) is 0 Å². The third-order valence-electron chi connectivity index (χ3n) is 1.87. The first-order valence-electron chi connectivity index (χ1n) is 4.17. The Kier molecular flexibility index (Phi) is 4.10. The van der Waals surface area contributed by atoms with Crippen molar-refractivity contribution in [2.24, 2.45) is 0 Å². The van der Waals surface area contributed by atoms with E-state index in [2.05, 4.69) is 0 Å². The fraction of sp³-hybridized carbons (Fsp3) is 0.100. The Labute approximate surface area is 83.0 Å². The predicted molar refractivity (Wildman–Crippen MR) is 54.4 cm³/mol. The van der Waals surface area contributed by atoms with Crippen LogP contribution in [0.1, 0.15) is 11.1 Å². The maximum Gasteiger partial charge on any atom is 0.482 e. The van der Waals surface area contributed by atoms with E-state index in [4.69, 9.17) is 10.0 Å². The third kappa shape index (κ3) is 2.83. The zero-order valence-electron chi connectivity index (χ0n) is 7.55. The molecule has 0 heterocycles. The Morgan fingerprint density at radius 2 is 1.79 bits per heavy atom. The van der Waals surface area contributed by atoms with Crippen LogP contribution in [-0.4, -0.2) is 23.5 Å². The summed E-state index contributed by atoms with van der Waals surface area (Å²) in [7, 11) is 0. The second-order valence-corrected chi connectivity index (χ2v) is 2.79. The largest absolute Gasteiger partial charge is 0.482 e. The van der Waals surface area contributed by atoms with Gasteiger partial charge in [-0.25, -0.2) is 0 Å². The van der Waals surface area contributed by atoms with Gasteiger partial charge in [0.2, 0.25) is 0 Å². The number of carbonyl (C=O) groups excluding carboxylic acids is 1. The van der Waals surface area contributed by atoms with E-state index >= 15 is 0 Å². The van der Waals surface area contributed by atoms with Crippen molar-refractivity contribution in [3.8, 4) is 0 Å². The minimum absolute atomic E-state index is 0. The maximum atomic E-state index is 10.9. The van der Waals surface area contributed by atoms with Crippen LogP contribution in [0.3, 0.4) is 0 Å². The molecule has 0 saturated carbocycles. The van der Waals surface area contributed by atoms with Gasteiger partial charge < -0.3 is 10.0 Å². The molecule has 0 aliphatic heterocycles. The Morgan fingerprint density at radius 1 is 1.14 bits per heavy atom. The number of carbonyl (C=O) groups is 1. The molecule has 0 spiro atoms. The summed E-state index contributed by atoms with van der Waals surface area (Å²) in [6.45, 7) is 0. The predicted octanol–water partition coefficient (Wildman–Crippen LogP) is 0.330. The van der Waals surface area contributed by atoms with Crippen LogP contribution >= 0.6 is 0 Å². The van der Waals surface area contributed by atoms with Crippen LogP contribution in [0, 0.1) is 0 Å². The summed E-state index contributed by atoms with van der Waals surface area (Å²) in [4.78, 5) is 10.9. The zero-order valence-corrected chi connectivity index (χ0v) is 7.55. The smallest absolute Gasteiger partial charge is 0.429 e. The monoisotopic (exact) mass is 189 g/mol. The molecule has 2 rings (SSSR count). The summed E-state index contributed by atoms with van der Waals surface area (Å²) in [5.74, 6) is 0.198. The molecule has 4 heteroatoms. The van der Waals surface area contributed by atoms with Crippen LogP contribution in [0.15, 0.2) is 30.3 Å². The van der Waals surface area contributed by atoms with Crippen LogP contribution in [0.4, 0.5) is 0 Å². The molecule has 0 aromatic heterocycles.